The molecule has 0 atom stereocenters. The van der Waals surface area contributed by atoms with Crippen LogP contribution >= 0.6 is 11.6 Å². The van der Waals surface area contributed by atoms with Gasteiger partial charge >= 0.3 is 5.97 Å². The Morgan fingerprint density at radius 2 is 1.91 bits per heavy atom. The zero-order valence-electron chi connectivity index (χ0n) is 18.9. The van der Waals surface area contributed by atoms with Crippen LogP contribution in [0.25, 0.3) is 16.6 Å². The molecule has 0 bridgehead atoms. The second-order valence-corrected chi connectivity index (χ2v) is 8.73. The molecular weight excluding hydrogens is 442 g/mol. The molecule has 1 aliphatic rings. The number of hydrogen-bond acceptors (Lipinski definition) is 5. The van der Waals surface area contributed by atoms with E-state index in [0.29, 0.717) is 40.2 Å². The van der Waals surface area contributed by atoms with Crippen LogP contribution in [0.4, 0.5) is 11.4 Å². The van der Waals surface area contributed by atoms with E-state index >= 15 is 0 Å². The van der Waals surface area contributed by atoms with Crippen LogP contribution in [0, 0.1) is 10.1 Å². The van der Waals surface area contributed by atoms with E-state index in [1.807, 2.05) is 19.1 Å². The number of esters is 1. The SMILES string of the molecule is CCOC(=O)c1cc2ccc(Cl)cc2n1-c1ccc(N(CC)C2CCCCC2)c([N+](=O)[O-])c1. The number of nitro groups is 1. The van der Waals surface area contributed by atoms with Crippen molar-refractivity contribution in [3.63, 3.8) is 0 Å². The predicted octanol–water partition coefficient (Wildman–Crippen LogP) is 6.53. The Kier molecular flexibility index (Phi) is 6.88. The van der Waals surface area contributed by atoms with E-state index in [9.17, 15) is 14.9 Å². The van der Waals surface area contributed by atoms with Gasteiger partial charge in [0.05, 0.1) is 22.7 Å². The summed E-state index contributed by atoms with van der Waals surface area (Å²) < 4.78 is 6.94. The van der Waals surface area contributed by atoms with Crippen molar-refractivity contribution in [1.82, 2.24) is 4.57 Å². The lowest BCUT2D eigenvalue weighted by molar-refractivity contribution is -0.384. The molecule has 3 aromatic rings. The van der Waals surface area contributed by atoms with Gasteiger partial charge in [0.2, 0.25) is 0 Å². The molecule has 0 saturated heterocycles. The van der Waals surface area contributed by atoms with Crippen LogP contribution in [0.5, 0.6) is 0 Å². The minimum atomic E-state index is -0.492. The van der Waals surface area contributed by atoms with Crippen molar-refractivity contribution >= 4 is 39.8 Å². The van der Waals surface area contributed by atoms with Gasteiger partial charge in [-0.1, -0.05) is 36.9 Å². The lowest BCUT2D eigenvalue weighted by Gasteiger charge is -2.35. The summed E-state index contributed by atoms with van der Waals surface area (Å²) >= 11 is 6.24. The standard InChI is InChI=1S/C25H28ClN3O4/c1-3-27(19-8-6-5-7-9-19)21-13-12-20(16-23(21)29(31)32)28-22-15-18(26)11-10-17(22)14-24(28)25(30)33-4-2/h10-16,19H,3-9H2,1-2H3. The van der Waals surface area contributed by atoms with Crippen LogP contribution in [0.15, 0.2) is 42.5 Å². The number of carbonyl (C=O) groups excluding carboxylic acids is 1. The quantitative estimate of drug-likeness (QED) is 0.223. The van der Waals surface area contributed by atoms with E-state index in [0.717, 1.165) is 31.1 Å². The van der Waals surface area contributed by atoms with Crippen LogP contribution in [0.2, 0.25) is 5.02 Å². The average molecular weight is 470 g/mol. The van der Waals surface area contributed by atoms with Crippen LogP contribution in [0.1, 0.15) is 56.4 Å². The van der Waals surface area contributed by atoms with Crippen molar-refractivity contribution < 1.29 is 14.5 Å². The first-order chi connectivity index (χ1) is 15.9. The summed E-state index contributed by atoms with van der Waals surface area (Å²) in [5, 5.41) is 13.5. The molecule has 1 fully saturated rings. The van der Waals surface area contributed by atoms with Crippen molar-refractivity contribution in [2.24, 2.45) is 0 Å². The first-order valence-corrected chi connectivity index (χ1v) is 11.9. The topological polar surface area (TPSA) is 77.6 Å². The number of hydrogen-bond donors (Lipinski definition) is 0. The first kappa shape index (κ1) is 23.1. The predicted molar refractivity (Wildman–Crippen MR) is 131 cm³/mol. The Balaban J connectivity index is 1.87. The van der Waals surface area contributed by atoms with Gasteiger partial charge in [-0.3, -0.25) is 10.1 Å². The molecule has 0 amide bonds. The fourth-order valence-electron chi connectivity index (χ4n) is 4.87. The highest BCUT2D eigenvalue weighted by molar-refractivity contribution is 6.31. The molecule has 33 heavy (non-hydrogen) atoms. The molecule has 0 N–H and O–H groups in total. The van der Waals surface area contributed by atoms with Crippen molar-refractivity contribution in [3.05, 3.63) is 63.3 Å². The third kappa shape index (κ3) is 4.55. The van der Waals surface area contributed by atoms with Crippen LogP contribution in [-0.4, -0.2) is 34.7 Å². The number of fused-ring (bicyclic) bond motifs is 1. The molecule has 1 aromatic heterocycles. The molecule has 8 heteroatoms. The summed E-state index contributed by atoms with van der Waals surface area (Å²) in [6.07, 6.45) is 5.59. The number of carbonyl (C=O) groups is 1. The maximum atomic E-state index is 12.7. The van der Waals surface area contributed by atoms with Crippen LogP contribution in [0.3, 0.4) is 0 Å². The molecule has 0 aliphatic heterocycles. The smallest absolute Gasteiger partial charge is 0.355 e. The van der Waals surface area contributed by atoms with Gasteiger partial charge in [-0.2, -0.15) is 0 Å². The maximum absolute atomic E-state index is 12.7. The Morgan fingerprint density at radius 1 is 1.15 bits per heavy atom. The van der Waals surface area contributed by atoms with Crippen molar-refractivity contribution in [1.29, 1.82) is 0 Å². The number of nitrogens with zero attached hydrogens (tertiary/aromatic N) is 3. The fourth-order valence-corrected chi connectivity index (χ4v) is 5.03. The second-order valence-electron chi connectivity index (χ2n) is 8.30. The van der Waals surface area contributed by atoms with E-state index in [-0.39, 0.29) is 17.2 Å². The monoisotopic (exact) mass is 469 g/mol. The highest BCUT2D eigenvalue weighted by atomic mass is 35.5. The number of rotatable bonds is 7. The Morgan fingerprint density at radius 3 is 2.58 bits per heavy atom. The second kappa shape index (κ2) is 9.83. The molecule has 0 radical (unpaired) electrons. The summed E-state index contributed by atoms with van der Waals surface area (Å²) in [5.41, 5.74) is 2.15. The van der Waals surface area contributed by atoms with Gasteiger partial charge in [0, 0.05) is 29.1 Å². The minimum Gasteiger partial charge on any atom is -0.461 e. The number of ether oxygens (including phenoxy) is 1. The molecule has 174 valence electrons. The largest absolute Gasteiger partial charge is 0.461 e. The van der Waals surface area contributed by atoms with E-state index in [4.69, 9.17) is 16.3 Å². The molecule has 1 aliphatic carbocycles. The first-order valence-electron chi connectivity index (χ1n) is 11.5. The van der Waals surface area contributed by atoms with Crippen LogP contribution in [-0.2, 0) is 4.74 Å². The fraction of sp³-hybridized carbons (Fsp3) is 0.400. The normalized spacial score (nSPS) is 14.4. The third-order valence-corrected chi connectivity index (χ3v) is 6.57. The average Bonchev–Trinajstić information content (AvgIpc) is 3.19. The maximum Gasteiger partial charge on any atom is 0.355 e. The zero-order chi connectivity index (χ0) is 23.5. The van der Waals surface area contributed by atoms with Crippen molar-refractivity contribution in [2.45, 2.75) is 52.0 Å². The van der Waals surface area contributed by atoms with Gasteiger partial charge in [0.15, 0.2) is 0 Å². The molecule has 0 unspecified atom stereocenters. The highest BCUT2D eigenvalue weighted by Crippen LogP contribution is 2.37. The summed E-state index contributed by atoms with van der Waals surface area (Å²) in [7, 11) is 0. The summed E-state index contributed by atoms with van der Waals surface area (Å²) in [4.78, 5) is 26.7. The number of benzene rings is 2. The summed E-state index contributed by atoms with van der Waals surface area (Å²) in [5.74, 6) is -0.492. The van der Waals surface area contributed by atoms with Gasteiger partial charge in [0.25, 0.3) is 5.69 Å². The van der Waals surface area contributed by atoms with Crippen LogP contribution < -0.4 is 4.90 Å². The summed E-state index contributed by atoms with van der Waals surface area (Å²) in [6, 6.07) is 12.5. The van der Waals surface area contributed by atoms with E-state index in [1.165, 1.54) is 6.42 Å². The van der Waals surface area contributed by atoms with Crippen molar-refractivity contribution in [3.8, 4) is 5.69 Å². The number of aromatic nitrogens is 1. The highest BCUT2D eigenvalue weighted by Gasteiger charge is 2.27. The zero-order valence-corrected chi connectivity index (χ0v) is 19.7. The van der Waals surface area contributed by atoms with E-state index in [2.05, 4.69) is 4.90 Å². The van der Waals surface area contributed by atoms with Gasteiger partial charge in [-0.15, -0.1) is 0 Å². The number of nitro benzene ring substituents is 1. The minimum absolute atomic E-state index is 0.0265. The molecule has 7 nitrogen and oxygen atoms in total. The third-order valence-electron chi connectivity index (χ3n) is 6.33. The molecule has 1 saturated carbocycles. The molecule has 4 rings (SSSR count). The lowest BCUT2D eigenvalue weighted by Crippen LogP contribution is -2.37. The summed E-state index contributed by atoms with van der Waals surface area (Å²) in [6.45, 7) is 4.70. The van der Waals surface area contributed by atoms with Gasteiger partial charge in [-0.25, -0.2) is 4.79 Å². The number of halogens is 1. The molecule has 1 heterocycles. The van der Waals surface area contributed by atoms with Gasteiger partial charge < -0.3 is 14.2 Å². The molecule has 2 aromatic carbocycles. The Bertz CT molecular complexity index is 1180. The van der Waals surface area contributed by atoms with Gasteiger partial charge in [-0.05, 0) is 57.0 Å². The van der Waals surface area contributed by atoms with E-state index in [1.54, 1.807) is 41.8 Å². The molecule has 0 spiro atoms. The van der Waals surface area contributed by atoms with Gasteiger partial charge in [0.1, 0.15) is 11.4 Å². The molecular formula is C25H28ClN3O4. The Hall–Kier alpha value is -3.06. The Labute approximate surface area is 198 Å². The van der Waals surface area contributed by atoms with Crippen molar-refractivity contribution in [2.75, 3.05) is 18.1 Å². The lowest BCUT2D eigenvalue weighted by atomic mass is 9.93. The number of anilines is 1. The van der Waals surface area contributed by atoms with E-state index < -0.39 is 5.97 Å².